The zero-order valence-electron chi connectivity index (χ0n) is 11.4. The summed E-state index contributed by atoms with van der Waals surface area (Å²) in [5.41, 5.74) is 1.66. The first-order valence-corrected chi connectivity index (χ1v) is 7.03. The highest BCUT2D eigenvalue weighted by Gasteiger charge is 2.15. The summed E-state index contributed by atoms with van der Waals surface area (Å²) in [6.45, 7) is 7.58. The van der Waals surface area contributed by atoms with Gasteiger partial charge in [-0.2, -0.15) is 0 Å². The summed E-state index contributed by atoms with van der Waals surface area (Å²) < 4.78 is 0. The van der Waals surface area contributed by atoms with Crippen molar-refractivity contribution < 1.29 is 4.79 Å². The molecule has 0 aliphatic heterocycles. The number of carbonyl (C=O) groups excluding carboxylic acids is 1. The van der Waals surface area contributed by atoms with Crippen LogP contribution in [0.2, 0.25) is 5.02 Å². The molecule has 0 aromatic heterocycles. The number of hydrogen-bond acceptors (Lipinski definition) is 2. The van der Waals surface area contributed by atoms with Gasteiger partial charge in [-0.25, -0.2) is 0 Å². The Labute approximate surface area is 115 Å². The van der Waals surface area contributed by atoms with E-state index in [4.69, 9.17) is 11.6 Å². The molecule has 1 unspecified atom stereocenters. The summed E-state index contributed by atoms with van der Waals surface area (Å²) in [4.78, 5) is 13.1. The maximum Gasteiger partial charge on any atom is 0.150 e. The number of unbranched alkanes of at least 4 members (excludes halogenated alkanes) is 1. The van der Waals surface area contributed by atoms with Crippen LogP contribution in [0.25, 0.3) is 0 Å². The van der Waals surface area contributed by atoms with Crippen LogP contribution in [-0.2, 0) is 0 Å². The van der Waals surface area contributed by atoms with Crippen LogP contribution in [0.1, 0.15) is 50.4 Å². The van der Waals surface area contributed by atoms with Crippen LogP contribution in [0.15, 0.2) is 18.2 Å². The van der Waals surface area contributed by atoms with Gasteiger partial charge in [0.15, 0.2) is 0 Å². The summed E-state index contributed by atoms with van der Waals surface area (Å²) in [7, 11) is 0. The zero-order chi connectivity index (χ0) is 13.5. The Kier molecular flexibility index (Phi) is 6.20. The molecule has 0 heterocycles. The fraction of sp³-hybridized carbons (Fsp3) is 0.533. The lowest BCUT2D eigenvalue weighted by Gasteiger charge is -2.31. The smallest absolute Gasteiger partial charge is 0.150 e. The standard InChI is InChI=1S/C15H22ClNO/c1-4-6-9-17(12(3)5-2)15-8-7-13(11-18)10-14(15)16/h7-8,10-12H,4-6,9H2,1-3H3. The molecule has 1 aromatic rings. The van der Waals surface area contributed by atoms with Gasteiger partial charge in [0.1, 0.15) is 6.29 Å². The quantitative estimate of drug-likeness (QED) is 0.675. The number of carbonyl (C=O) groups is 1. The number of benzene rings is 1. The second-order valence-electron chi connectivity index (χ2n) is 4.63. The highest BCUT2D eigenvalue weighted by atomic mass is 35.5. The molecule has 18 heavy (non-hydrogen) atoms. The number of hydrogen-bond donors (Lipinski definition) is 0. The molecule has 0 fully saturated rings. The fourth-order valence-electron chi connectivity index (χ4n) is 1.96. The van der Waals surface area contributed by atoms with Crippen molar-refractivity contribution in [3.8, 4) is 0 Å². The van der Waals surface area contributed by atoms with Gasteiger partial charge >= 0.3 is 0 Å². The largest absolute Gasteiger partial charge is 0.368 e. The van der Waals surface area contributed by atoms with E-state index in [1.54, 1.807) is 6.07 Å². The number of anilines is 1. The average Bonchev–Trinajstić information content (AvgIpc) is 2.39. The maximum absolute atomic E-state index is 10.7. The zero-order valence-corrected chi connectivity index (χ0v) is 12.2. The van der Waals surface area contributed by atoms with Gasteiger partial charge in [-0.1, -0.05) is 31.9 Å². The van der Waals surface area contributed by atoms with Crippen LogP contribution in [0.3, 0.4) is 0 Å². The lowest BCUT2D eigenvalue weighted by Crippen LogP contribution is -2.33. The molecule has 0 radical (unpaired) electrons. The molecule has 100 valence electrons. The van der Waals surface area contributed by atoms with Crippen molar-refractivity contribution >= 4 is 23.6 Å². The Balaban J connectivity index is 3.00. The van der Waals surface area contributed by atoms with Crippen LogP contribution in [0.4, 0.5) is 5.69 Å². The third-order valence-electron chi connectivity index (χ3n) is 3.29. The minimum Gasteiger partial charge on any atom is -0.368 e. The number of nitrogens with zero attached hydrogens (tertiary/aromatic N) is 1. The Morgan fingerprint density at radius 3 is 2.61 bits per heavy atom. The third kappa shape index (κ3) is 3.74. The van der Waals surface area contributed by atoms with Gasteiger partial charge in [0.05, 0.1) is 10.7 Å². The van der Waals surface area contributed by atoms with Crippen LogP contribution >= 0.6 is 11.6 Å². The fourth-order valence-corrected chi connectivity index (χ4v) is 2.25. The van der Waals surface area contributed by atoms with E-state index in [1.165, 1.54) is 0 Å². The molecule has 0 aliphatic rings. The molecule has 0 bridgehead atoms. The summed E-state index contributed by atoms with van der Waals surface area (Å²) in [6, 6.07) is 5.98. The molecule has 3 heteroatoms. The predicted molar refractivity (Wildman–Crippen MR) is 78.8 cm³/mol. The van der Waals surface area contributed by atoms with Gasteiger partial charge in [-0.15, -0.1) is 0 Å². The second kappa shape index (κ2) is 7.42. The first kappa shape index (κ1) is 15.0. The van der Waals surface area contributed by atoms with Crippen molar-refractivity contribution in [3.05, 3.63) is 28.8 Å². The Bertz CT molecular complexity index is 392. The molecule has 0 aliphatic carbocycles. The highest BCUT2D eigenvalue weighted by molar-refractivity contribution is 6.33. The summed E-state index contributed by atoms with van der Waals surface area (Å²) in [5, 5.41) is 0.663. The van der Waals surface area contributed by atoms with Crippen molar-refractivity contribution in [2.24, 2.45) is 0 Å². The number of halogens is 1. The van der Waals surface area contributed by atoms with Crippen LogP contribution < -0.4 is 4.90 Å². The van der Waals surface area contributed by atoms with Gasteiger partial charge in [0, 0.05) is 18.2 Å². The van der Waals surface area contributed by atoms with E-state index in [0.717, 1.165) is 37.8 Å². The molecular weight excluding hydrogens is 246 g/mol. The van der Waals surface area contributed by atoms with Crippen molar-refractivity contribution in [1.29, 1.82) is 0 Å². The van der Waals surface area contributed by atoms with E-state index in [-0.39, 0.29) is 0 Å². The van der Waals surface area contributed by atoms with Crippen molar-refractivity contribution in [1.82, 2.24) is 0 Å². The SMILES string of the molecule is CCCCN(c1ccc(C=O)cc1Cl)C(C)CC. The predicted octanol–water partition coefficient (Wildman–Crippen LogP) is 4.56. The van der Waals surface area contributed by atoms with E-state index >= 15 is 0 Å². The van der Waals surface area contributed by atoms with Gasteiger partial charge in [0.25, 0.3) is 0 Å². The average molecular weight is 268 g/mol. The minimum absolute atomic E-state index is 0.455. The first-order chi connectivity index (χ1) is 8.63. The van der Waals surface area contributed by atoms with Crippen LogP contribution in [-0.4, -0.2) is 18.9 Å². The Morgan fingerprint density at radius 1 is 1.39 bits per heavy atom. The molecule has 0 spiro atoms. The molecular formula is C15H22ClNO. The van der Waals surface area contributed by atoms with Gasteiger partial charge in [-0.05, 0) is 38.0 Å². The monoisotopic (exact) mass is 267 g/mol. The van der Waals surface area contributed by atoms with Crippen molar-refractivity contribution in [3.63, 3.8) is 0 Å². The van der Waals surface area contributed by atoms with Crippen LogP contribution in [0, 0.1) is 0 Å². The summed E-state index contributed by atoms with van der Waals surface area (Å²) in [5.74, 6) is 0. The molecule has 1 rings (SSSR count). The molecule has 1 atom stereocenters. The molecule has 0 amide bonds. The van der Waals surface area contributed by atoms with Gasteiger partial charge < -0.3 is 4.90 Å². The lowest BCUT2D eigenvalue weighted by atomic mass is 10.1. The summed E-state index contributed by atoms with van der Waals surface area (Å²) >= 11 is 6.28. The topological polar surface area (TPSA) is 20.3 Å². The van der Waals surface area contributed by atoms with Gasteiger partial charge in [-0.3, -0.25) is 4.79 Å². The molecule has 0 saturated heterocycles. The van der Waals surface area contributed by atoms with Crippen molar-refractivity contribution in [2.45, 2.75) is 46.1 Å². The molecule has 0 saturated carbocycles. The summed E-state index contributed by atoms with van der Waals surface area (Å²) in [6.07, 6.45) is 4.22. The number of rotatable bonds is 7. The first-order valence-electron chi connectivity index (χ1n) is 6.65. The van der Waals surface area contributed by atoms with E-state index in [0.29, 0.717) is 16.6 Å². The maximum atomic E-state index is 10.7. The normalized spacial score (nSPS) is 12.2. The minimum atomic E-state index is 0.455. The Morgan fingerprint density at radius 2 is 2.11 bits per heavy atom. The van der Waals surface area contributed by atoms with E-state index in [9.17, 15) is 4.79 Å². The van der Waals surface area contributed by atoms with Gasteiger partial charge in [0.2, 0.25) is 0 Å². The number of aldehydes is 1. The second-order valence-corrected chi connectivity index (χ2v) is 5.04. The highest BCUT2D eigenvalue weighted by Crippen LogP contribution is 2.29. The lowest BCUT2D eigenvalue weighted by molar-refractivity contribution is 0.112. The molecule has 0 N–H and O–H groups in total. The van der Waals surface area contributed by atoms with E-state index in [1.807, 2.05) is 12.1 Å². The van der Waals surface area contributed by atoms with Crippen LogP contribution in [0.5, 0.6) is 0 Å². The molecule has 1 aromatic carbocycles. The van der Waals surface area contributed by atoms with E-state index in [2.05, 4.69) is 25.7 Å². The van der Waals surface area contributed by atoms with Crippen molar-refractivity contribution in [2.75, 3.05) is 11.4 Å². The Hall–Kier alpha value is -1.02. The molecule has 2 nitrogen and oxygen atoms in total. The third-order valence-corrected chi connectivity index (χ3v) is 3.60. The van der Waals surface area contributed by atoms with E-state index < -0.39 is 0 Å².